The minimum atomic E-state index is -4.62. The van der Waals surface area contributed by atoms with Crippen molar-refractivity contribution in [1.82, 2.24) is 9.97 Å². The lowest BCUT2D eigenvalue weighted by Gasteiger charge is -2.16. The van der Waals surface area contributed by atoms with Gasteiger partial charge in [0, 0.05) is 6.20 Å². The molecule has 2 rings (SSSR count). The summed E-state index contributed by atoms with van der Waals surface area (Å²) < 4.78 is 49.2. The molecule has 0 N–H and O–H groups in total. The van der Waals surface area contributed by atoms with E-state index >= 15 is 0 Å². The van der Waals surface area contributed by atoms with Gasteiger partial charge in [-0.05, 0) is 24.1 Å². The van der Waals surface area contributed by atoms with Crippen molar-refractivity contribution in [3.8, 4) is 5.88 Å². The summed E-state index contributed by atoms with van der Waals surface area (Å²) in [6.45, 7) is 1.93. The van der Waals surface area contributed by atoms with Crippen molar-refractivity contribution < 1.29 is 22.6 Å². The Bertz CT molecular complexity index is 638. The standard InChI is InChI=1S/C15H14ClF3N2O2/c1-10(22-9-11-5-3-2-4-6-11)8-23-13-12(15(17,18)19)7-20-14(16)21-13/h2-7,10H,8-9H2,1H3/t10-/m1/s1. The maximum absolute atomic E-state index is 12.8. The van der Waals surface area contributed by atoms with Gasteiger partial charge < -0.3 is 9.47 Å². The van der Waals surface area contributed by atoms with Crippen LogP contribution in [0.5, 0.6) is 5.88 Å². The van der Waals surface area contributed by atoms with Crippen molar-refractivity contribution in [1.29, 1.82) is 0 Å². The number of alkyl halides is 3. The molecule has 0 amide bonds. The molecule has 8 heteroatoms. The predicted molar refractivity (Wildman–Crippen MR) is 78.2 cm³/mol. The Morgan fingerprint density at radius 1 is 1.22 bits per heavy atom. The first-order chi connectivity index (χ1) is 10.9. The molecular weight excluding hydrogens is 333 g/mol. The summed E-state index contributed by atoms with van der Waals surface area (Å²) in [6, 6.07) is 9.41. The molecule has 0 fully saturated rings. The van der Waals surface area contributed by atoms with Crippen LogP contribution in [-0.4, -0.2) is 22.7 Å². The minimum absolute atomic E-state index is 0.0940. The Morgan fingerprint density at radius 2 is 1.91 bits per heavy atom. The van der Waals surface area contributed by atoms with Gasteiger partial charge in [-0.2, -0.15) is 18.2 Å². The molecule has 0 saturated carbocycles. The molecule has 2 aromatic rings. The van der Waals surface area contributed by atoms with Crippen molar-refractivity contribution in [3.05, 3.63) is 52.9 Å². The molecule has 0 aliphatic carbocycles. The number of nitrogens with zero attached hydrogens (tertiary/aromatic N) is 2. The molecule has 1 aromatic carbocycles. The normalized spacial score (nSPS) is 12.9. The van der Waals surface area contributed by atoms with Crippen molar-refractivity contribution in [2.75, 3.05) is 6.61 Å². The van der Waals surface area contributed by atoms with E-state index in [-0.39, 0.29) is 11.9 Å². The van der Waals surface area contributed by atoms with E-state index in [2.05, 4.69) is 9.97 Å². The molecule has 1 aromatic heterocycles. The third kappa shape index (κ3) is 5.37. The average molecular weight is 347 g/mol. The Kier molecular flexibility index (Phi) is 5.79. The molecule has 124 valence electrons. The zero-order chi connectivity index (χ0) is 16.9. The van der Waals surface area contributed by atoms with Crippen molar-refractivity contribution in [2.24, 2.45) is 0 Å². The van der Waals surface area contributed by atoms with Crippen LogP contribution >= 0.6 is 11.6 Å². The number of rotatable bonds is 6. The van der Waals surface area contributed by atoms with Gasteiger partial charge in [0.15, 0.2) is 0 Å². The van der Waals surface area contributed by atoms with Gasteiger partial charge in [-0.3, -0.25) is 0 Å². The van der Waals surface area contributed by atoms with E-state index in [0.717, 1.165) is 5.56 Å². The SMILES string of the molecule is C[C@H](COc1nc(Cl)ncc1C(F)(F)F)OCc1ccccc1. The van der Waals surface area contributed by atoms with Crippen LogP contribution in [-0.2, 0) is 17.5 Å². The largest absolute Gasteiger partial charge is 0.474 e. The summed E-state index contributed by atoms with van der Waals surface area (Å²) in [7, 11) is 0. The molecule has 1 atom stereocenters. The number of aromatic nitrogens is 2. The quantitative estimate of drug-likeness (QED) is 0.738. The predicted octanol–water partition coefficient (Wildman–Crippen LogP) is 4.13. The molecule has 0 aliphatic heterocycles. The van der Waals surface area contributed by atoms with Crippen LogP contribution in [0.25, 0.3) is 0 Å². The number of benzene rings is 1. The summed E-state index contributed by atoms with van der Waals surface area (Å²) in [6.07, 6.45) is -4.45. The topological polar surface area (TPSA) is 44.2 Å². The third-order valence-corrected chi connectivity index (χ3v) is 3.04. The fraction of sp³-hybridized carbons (Fsp3) is 0.333. The maximum atomic E-state index is 12.8. The maximum Gasteiger partial charge on any atom is 0.423 e. The summed E-state index contributed by atoms with van der Waals surface area (Å²) in [5.74, 6) is -0.604. The highest BCUT2D eigenvalue weighted by atomic mass is 35.5. The van der Waals surface area contributed by atoms with Gasteiger partial charge in [-0.15, -0.1) is 0 Å². The van der Waals surface area contributed by atoms with E-state index in [1.165, 1.54) is 0 Å². The highest BCUT2D eigenvalue weighted by molar-refractivity contribution is 6.28. The van der Waals surface area contributed by atoms with Crippen LogP contribution in [0.15, 0.2) is 36.5 Å². The van der Waals surface area contributed by atoms with Gasteiger partial charge in [0.1, 0.15) is 12.2 Å². The van der Waals surface area contributed by atoms with E-state index in [1.54, 1.807) is 6.92 Å². The number of hydrogen-bond donors (Lipinski definition) is 0. The van der Waals surface area contributed by atoms with Gasteiger partial charge >= 0.3 is 6.18 Å². The fourth-order valence-electron chi connectivity index (χ4n) is 1.71. The zero-order valence-electron chi connectivity index (χ0n) is 12.2. The van der Waals surface area contributed by atoms with Crippen LogP contribution in [0.3, 0.4) is 0 Å². The van der Waals surface area contributed by atoms with Gasteiger partial charge in [-0.1, -0.05) is 30.3 Å². The van der Waals surface area contributed by atoms with Gasteiger partial charge in [0.25, 0.3) is 0 Å². The summed E-state index contributed by atoms with van der Waals surface area (Å²) in [4.78, 5) is 6.82. The molecule has 23 heavy (non-hydrogen) atoms. The smallest absolute Gasteiger partial charge is 0.423 e. The summed E-state index contributed by atoms with van der Waals surface area (Å²) >= 11 is 5.52. The lowest BCUT2D eigenvalue weighted by molar-refractivity contribution is -0.139. The first-order valence-corrected chi connectivity index (χ1v) is 7.12. The van der Waals surface area contributed by atoms with E-state index in [9.17, 15) is 13.2 Å². The highest BCUT2D eigenvalue weighted by Gasteiger charge is 2.36. The molecule has 4 nitrogen and oxygen atoms in total. The zero-order valence-corrected chi connectivity index (χ0v) is 12.9. The van der Waals surface area contributed by atoms with Crippen molar-refractivity contribution in [2.45, 2.75) is 25.8 Å². The lowest BCUT2D eigenvalue weighted by Crippen LogP contribution is -2.20. The molecule has 0 spiro atoms. The fourth-order valence-corrected chi connectivity index (χ4v) is 1.83. The Labute approximate surface area is 136 Å². The minimum Gasteiger partial charge on any atom is -0.474 e. The molecule has 0 bridgehead atoms. The van der Waals surface area contributed by atoms with Crippen LogP contribution in [0.2, 0.25) is 5.28 Å². The van der Waals surface area contributed by atoms with Gasteiger partial charge in [0.05, 0.1) is 12.7 Å². The molecule has 0 unspecified atom stereocenters. The van der Waals surface area contributed by atoms with E-state index in [4.69, 9.17) is 21.1 Å². The van der Waals surface area contributed by atoms with Crippen LogP contribution in [0, 0.1) is 0 Å². The summed E-state index contributed by atoms with van der Waals surface area (Å²) in [5.41, 5.74) is -0.113. The molecule has 1 heterocycles. The van der Waals surface area contributed by atoms with E-state index in [1.807, 2.05) is 30.3 Å². The molecule has 0 aliphatic rings. The number of halogens is 4. The second kappa shape index (κ2) is 7.61. The van der Waals surface area contributed by atoms with Crippen LogP contribution in [0.1, 0.15) is 18.1 Å². The second-order valence-corrected chi connectivity index (χ2v) is 5.11. The average Bonchev–Trinajstić information content (AvgIpc) is 2.51. The highest BCUT2D eigenvalue weighted by Crippen LogP contribution is 2.35. The number of ether oxygens (including phenoxy) is 2. The third-order valence-electron chi connectivity index (χ3n) is 2.86. The first kappa shape index (κ1) is 17.5. The van der Waals surface area contributed by atoms with Gasteiger partial charge in [-0.25, -0.2) is 4.98 Å². The first-order valence-electron chi connectivity index (χ1n) is 6.74. The Balaban J connectivity index is 1.93. The van der Waals surface area contributed by atoms with Crippen LogP contribution in [0.4, 0.5) is 13.2 Å². The monoisotopic (exact) mass is 346 g/mol. The van der Waals surface area contributed by atoms with E-state index in [0.29, 0.717) is 12.8 Å². The summed E-state index contributed by atoms with van der Waals surface area (Å²) in [5, 5.41) is -0.314. The van der Waals surface area contributed by atoms with Gasteiger partial charge in [0.2, 0.25) is 11.2 Å². The number of hydrogen-bond acceptors (Lipinski definition) is 4. The second-order valence-electron chi connectivity index (χ2n) is 4.77. The Morgan fingerprint density at radius 3 is 2.57 bits per heavy atom. The lowest BCUT2D eigenvalue weighted by atomic mass is 10.2. The Hall–Kier alpha value is -1.86. The van der Waals surface area contributed by atoms with E-state index < -0.39 is 23.7 Å². The van der Waals surface area contributed by atoms with Crippen molar-refractivity contribution in [3.63, 3.8) is 0 Å². The molecular formula is C15H14ClF3N2O2. The van der Waals surface area contributed by atoms with Crippen molar-refractivity contribution >= 4 is 11.6 Å². The molecule has 0 saturated heterocycles. The van der Waals surface area contributed by atoms with Crippen LogP contribution < -0.4 is 4.74 Å². The molecule has 0 radical (unpaired) electrons.